The first-order chi connectivity index (χ1) is 42.4. The first-order valence-electron chi connectivity index (χ1n) is 33.7. The molecule has 14 N–H and O–H groups in total. The lowest BCUT2D eigenvalue weighted by molar-refractivity contribution is -0.386. The van der Waals surface area contributed by atoms with Crippen molar-refractivity contribution >= 4 is 17.8 Å². The predicted molar refractivity (Wildman–Crippen MR) is 329 cm³/mol. The first kappa shape index (κ1) is 79.4. The molecule has 0 aromatic carbocycles. The van der Waals surface area contributed by atoms with E-state index in [4.69, 9.17) is 28.4 Å². The van der Waals surface area contributed by atoms with Crippen molar-refractivity contribution in [3.63, 3.8) is 0 Å². The zero-order chi connectivity index (χ0) is 64.7. The quantitative estimate of drug-likeness (QED) is 0.0272. The van der Waals surface area contributed by atoms with Gasteiger partial charge in [-0.1, -0.05) is 199 Å². The van der Waals surface area contributed by atoms with Gasteiger partial charge in [0.15, 0.2) is 12.6 Å². The second-order valence-electron chi connectivity index (χ2n) is 24.7. The van der Waals surface area contributed by atoms with Crippen molar-refractivity contribution in [2.24, 2.45) is 0 Å². The van der Waals surface area contributed by atoms with Crippen LogP contribution in [0.1, 0.15) is 233 Å². The molecular weight excluding hydrogens is 1140 g/mol. The number of aliphatic hydroxyl groups is 11. The number of aliphatic carboxylic acids is 1. The summed E-state index contributed by atoms with van der Waals surface area (Å²) >= 11 is 0. The lowest BCUT2D eigenvalue weighted by Crippen LogP contribution is -2.70. The molecule has 3 aliphatic heterocycles. The third-order valence-electron chi connectivity index (χ3n) is 17.1. The van der Waals surface area contributed by atoms with E-state index in [-0.39, 0.29) is 12.3 Å². The third-order valence-corrected chi connectivity index (χ3v) is 17.1. The summed E-state index contributed by atoms with van der Waals surface area (Å²) in [5.74, 6) is -6.18. The standard InChI is InChI=1S/C65H118N2O21/c1-4-6-8-10-12-14-15-16-17-18-19-20-21-22-23-24-25-26-27-28-29-31-32-34-36-38-47(72)46(67-52(75)39-37-35-33-30-13-11-9-7-5-2)44-83-62-57(79)56(78)59(51(43-70)85-62)86-63-58(80)61(55(77)50(42-69)84-63)88-65(64(81)82)40-48(73)53(66-45(3)71)60(87-65)54(76)49(74)41-68/h30,33,36,38,46-51,53-63,68-70,72-74,76-80H,4-29,31-32,34-35,37,39-44H2,1-3H3,(H,66,71)(H,67,75)(H,81,82)/b33-30-,38-36+. The highest BCUT2D eigenvalue weighted by Crippen LogP contribution is 2.39. The molecule has 23 heteroatoms. The summed E-state index contributed by atoms with van der Waals surface area (Å²) in [6, 6.07) is -2.63. The summed E-state index contributed by atoms with van der Waals surface area (Å²) in [5.41, 5.74) is 0. The minimum absolute atomic E-state index is 0.151. The van der Waals surface area contributed by atoms with Crippen LogP contribution in [0.25, 0.3) is 0 Å². The fraction of sp³-hybridized carbons (Fsp3) is 0.892. The van der Waals surface area contributed by atoms with E-state index in [1.54, 1.807) is 6.08 Å². The largest absolute Gasteiger partial charge is 0.477 e. The zero-order valence-corrected chi connectivity index (χ0v) is 53.3. The molecule has 88 heavy (non-hydrogen) atoms. The van der Waals surface area contributed by atoms with Crippen LogP contribution in [0.5, 0.6) is 0 Å². The molecule has 0 aliphatic carbocycles. The fourth-order valence-electron chi connectivity index (χ4n) is 11.7. The van der Waals surface area contributed by atoms with Crippen molar-refractivity contribution in [1.29, 1.82) is 0 Å². The van der Waals surface area contributed by atoms with Gasteiger partial charge < -0.3 is 100 Å². The Morgan fingerprint density at radius 1 is 0.591 bits per heavy atom. The van der Waals surface area contributed by atoms with Gasteiger partial charge in [0.2, 0.25) is 11.8 Å². The Morgan fingerprint density at radius 3 is 1.56 bits per heavy atom. The molecule has 0 saturated carbocycles. The van der Waals surface area contributed by atoms with E-state index < -0.39 is 155 Å². The maximum Gasteiger partial charge on any atom is 0.364 e. The summed E-state index contributed by atoms with van der Waals surface area (Å²) in [7, 11) is 0. The highest BCUT2D eigenvalue weighted by molar-refractivity contribution is 5.77. The van der Waals surface area contributed by atoms with Crippen molar-refractivity contribution in [1.82, 2.24) is 10.6 Å². The number of carbonyl (C=O) groups is 3. The lowest BCUT2D eigenvalue weighted by Gasteiger charge is -2.50. The van der Waals surface area contributed by atoms with Gasteiger partial charge in [-0.25, -0.2) is 4.79 Å². The SMILES string of the molecule is CCCCCC/C=C\CCCC(=O)NC(COC1OC(CO)C(OC2OC(CO)C(O)C(OC3(C(=O)O)CC(O)C(NC(C)=O)C(C(O)C(O)CO)O3)C2O)C(O)C1O)C(O)/C=C/CCCCCCCCCCCCCCCCCCCCCCCCC. The minimum Gasteiger partial charge on any atom is -0.477 e. The number of hydrogen-bond acceptors (Lipinski definition) is 20. The molecule has 0 radical (unpaired) electrons. The molecule has 18 unspecified atom stereocenters. The Kier molecular flexibility index (Phi) is 41.8. The van der Waals surface area contributed by atoms with Gasteiger partial charge in [0.05, 0.1) is 50.7 Å². The number of ether oxygens (including phenoxy) is 6. The van der Waals surface area contributed by atoms with Crippen LogP contribution in [-0.4, -0.2) is 215 Å². The molecule has 23 nitrogen and oxygen atoms in total. The Bertz CT molecular complexity index is 1890. The zero-order valence-electron chi connectivity index (χ0n) is 53.3. The number of carboxylic acids is 1. The lowest BCUT2D eigenvalue weighted by atomic mass is 9.88. The number of nitrogens with one attached hydrogen (secondary N) is 2. The number of rotatable bonds is 50. The van der Waals surface area contributed by atoms with E-state index >= 15 is 0 Å². The smallest absolute Gasteiger partial charge is 0.364 e. The molecule has 3 saturated heterocycles. The van der Waals surface area contributed by atoms with Crippen molar-refractivity contribution in [2.45, 2.75) is 342 Å². The topological polar surface area (TPSA) is 373 Å². The molecule has 3 fully saturated rings. The van der Waals surface area contributed by atoms with Gasteiger partial charge in [-0.15, -0.1) is 0 Å². The van der Waals surface area contributed by atoms with Gasteiger partial charge >= 0.3 is 5.97 Å². The Balaban J connectivity index is 1.56. The van der Waals surface area contributed by atoms with E-state index in [0.29, 0.717) is 19.3 Å². The molecule has 2 amide bonds. The fourth-order valence-corrected chi connectivity index (χ4v) is 11.7. The molecule has 3 aliphatic rings. The van der Waals surface area contributed by atoms with Crippen LogP contribution in [0.4, 0.5) is 0 Å². The maximum atomic E-state index is 13.3. The molecular formula is C65H118N2O21. The van der Waals surface area contributed by atoms with E-state index in [9.17, 15) is 75.7 Å². The summed E-state index contributed by atoms with van der Waals surface area (Å²) in [4.78, 5) is 38.3. The van der Waals surface area contributed by atoms with Crippen molar-refractivity contribution < 1.29 is 104 Å². The van der Waals surface area contributed by atoms with Gasteiger partial charge in [0.25, 0.3) is 5.79 Å². The van der Waals surface area contributed by atoms with E-state index in [0.717, 1.165) is 45.4 Å². The van der Waals surface area contributed by atoms with Crippen LogP contribution in [0.2, 0.25) is 0 Å². The van der Waals surface area contributed by atoms with Crippen LogP contribution >= 0.6 is 0 Å². The highest BCUT2D eigenvalue weighted by Gasteiger charge is 2.60. The van der Waals surface area contributed by atoms with Crippen LogP contribution in [0, 0.1) is 0 Å². The normalized spacial score (nSPS) is 29.1. The number of unbranched alkanes of at least 4 members (excludes halogenated alkanes) is 28. The summed E-state index contributed by atoms with van der Waals surface area (Å²) in [5, 5.41) is 136. The molecule has 514 valence electrons. The van der Waals surface area contributed by atoms with Crippen molar-refractivity contribution in [2.75, 3.05) is 26.4 Å². The van der Waals surface area contributed by atoms with Gasteiger partial charge in [-0.2, -0.15) is 0 Å². The number of allylic oxidation sites excluding steroid dienone is 3. The molecule has 3 rings (SSSR count). The van der Waals surface area contributed by atoms with Gasteiger partial charge in [-0.3, -0.25) is 9.59 Å². The predicted octanol–water partition coefficient (Wildman–Crippen LogP) is 5.28. The molecule has 0 spiro atoms. The van der Waals surface area contributed by atoms with Crippen molar-refractivity contribution in [3.8, 4) is 0 Å². The summed E-state index contributed by atoms with van der Waals surface area (Å²) in [6.45, 7) is 2.06. The number of hydrogen-bond donors (Lipinski definition) is 14. The van der Waals surface area contributed by atoms with E-state index in [1.807, 2.05) is 6.08 Å². The second-order valence-corrected chi connectivity index (χ2v) is 24.7. The highest BCUT2D eigenvalue weighted by atomic mass is 16.8. The van der Waals surface area contributed by atoms with Crippen LogP contribution in [0.3, 0.4) is 0 Å². The number of carboxylic acid groups (broad SMARTS) is 1. The average molecular weight is 1260 g/mol. The van der Waals surface area contributed by atoms with E-state index in [1.165, 1.54) is 141 Å². The van der Waals surface area contributed by atoms with Crippen LogP contribution in [0.15, 0.2) is 24.3 Å². The van der Waals surface area contributed by atoms with E-state index in [2.05, 4.69) is 36.6 Å². The Morgan fingerprint density at radius 2 is 1.07 bits per heavy atom. The maximum absolute atomic E-state index is 13.3. The Labute approximate surface area is 523 Å². The van der Waals surface area contributed by atoms with Gasteiger partial charge in [-0.05, 0) is 38.5 Å². The molecule has 3 heterocycles. The first-order valence-corrected chi connectivity index (χ1v) is 33.7. The third kappa shape index (κ3) is 29.0. The van der Waals surface area contributed by atoms with Crippen LogP contribution < -0.4 is 10.6 Å². The summed E-state index contributed by atoms with van der Waals surface area (Å²) < 4.78 is 34.7. The average Bonchev–Trinajstić information content (AvgIpc) is 1.18. The number of carbonyl (C=O) groups excluding carboxylic acids is 2. The monoisotopic (exact) mass is 1260 g/mol. The molecule has 0 bridgehead atoms. The molecule has 0 aromatic rings. The molecule has 18 atom stereocenters. The number of aliphatic hydroxyl groups excluding tert-OH is 11. The van der Waals surface area contributed by atoms with Crippen molar-refractivity contribution in [3.05, 3.63) is 24.3 Å². The number of amides is 2. The second kappa shape index (κ2) is 46.3. The molecule has 0 aromatic heterocycles. The minimum atomic E-state index is -3.08. The van der Waals surface area contributed by atoms with Gasteiger partial charge in [0, 0.05) is 19.8 Å². The Hall–Kier alpha value is -2.79. The summed E-state index contributed by atoms with van der Waals surface area (Å²) in [6.07, 6.45) is 15.6. The van der Waals surface area contributed by atoms with Gasteiger partial charge in [0.1, 0.15) is 67.1 Å². The van der Waals surface area contributed by atoms with Crippen LogP contribution in [-0.2, 0) is 42.8 Å².